The van der Waals surface area contributed by atoms with Gasteiger partial charge in [-0.05, 0) is 52.1 Å². The van der Waals surface area contributed by atoms with Crippen LogP contribution in [-0.4, -0.2) is 45.5 Å². The van der Waals surface area contributed by atoms with E-state index in [1.807, 2.05) is 0 Å². The molecule has 1 rings (SSSR count). The fourth-order valence-electron chi connectivity index (χ4n) is 2.33. The van der Waals surface area contributed by atoms with Crippen LogP contribution in [0.5, 0.6) is 0 Å². The molecule has 4 heteroatoms. The quantitative estimate of drug-likeness (QED) is 0.739. The molecule has 0 aromatic carbocycles. The third kappa shape index (κ3) is 4.98. The second kappa shape index (κ2) is 5.30. The van der Waals surface area contributed by atoms with E-state index in [-0.39, 0.29) is 0 Å². The zero-order valence-corrected chi connectivity index (χ0v) is 10.9. The van der Waals surface area contributed by atoms with Crippen molar-refractivity contribution in [1.82, 2.24) is 4.90 Å². The lowest BCUT2D eigenvalue weighted by Gasteiger charge is -2.32. The number of sulfone groups is 1. The number of rotatable bonds is 4. The van der Waals surface area contributed by atoms with Gasteiger partial charge in [0.2, 0.25) is 0 Å². The molecular formula is C11H23NO2S. The predicted molar refractivity (Wildman–Crippen MR) is 63.8 cm³/mol. The molecule has 15 heavy (non-hydrogen) atoms. The van der Waals surface area contributed by atoms with E-state index in [1.54, 1.807) is 0 Å². The van der Waals surface area contributed by atoms with E-state index in [9.17, 15) is 8.42 Å². The Hall–Kier alpha value is -0.0900. The monoisotopic (exact) mass is 233 g/mol. The molecule has 0 saturated heterocycles. The lowest BCUT2D eigenvalue weighted by molar-refractivity contribution is 0.191. The first-order valence-electron chi connectivity index (χ1n) is 5.72. The highest BCUT2D eigenvalue weighted by atomic mass is 32.2. The molecule has 0 N–H and O–H groups in total. The molecule has 1 aliphatic carbocycles. The normalized spacial score (nSPS) is 28.3. The topological polar surface area (TPSA) is 37.4 Å². The van der Waals surface area contributed by atoms with Gasteiger partial charge in [-0.25, -0.2) is 8.42 Å². The molecular weight excluding hydrogens is 210 g/mol. The van der Waals surface area contributed by atoms with Crippen molar-refractivity contribution in [3.05, 3.63) is 0 Å². The summed E-state index contributed by atoms with van der Waals surface area (Å²) in [6.45, 7) is 0. The van der Waals surface area contributed by atoms with Crippen LogP contribution >= 0.6 is 0 Å². The summed E-state index contributed by atoms with van der Waals surface area (Å²) in [6.07, 6.45) is 7.02. The zero-order valence-electron chi connectivity index (χ0n) is 10.1. The summed E-state index contributed by atoms with van der Waals surface area (Å²) in [5, 5.41) is 0. The van der Waals surface area contributed by atoms with Crippen LogP contribution in [0.2, 0.25) is 0 Å². The highest BCUT2D eigenvalue weighted by molar-refractivity contribution is 7.90. The Bertz CT molecular complexity index is 277. The molecule has 3 nitrogen and oxygen atoms in total. The minimum absolute atomic E-state index is 0.365. The van der Waals surface area contributed by atoms with Crippen molar-refractivity contribution in [1.29, 1.82) is 0 Å². The van der Waals surface area contributed by atoms with E-state index < -0.39 is 9.84 Å². The summed E-state index contributed by atoms with van der Waals surface area (Å²) in [5.74, 6) is 1.00. The molecule has 0 aromatic heterocycles. The van der Waals surface area contributed by atoms with Crippen LogP contribution in [-0.2, 0) is 9.84 Å². The minimum Gasteiger partial charge on any atom is -0.306 e. The van der Waals surface area contributed by atoms with Crippen molar-refractivity contribution in [2.75, 3.05) is 26.1 Å². The minimum atomic E-state index is -2.76. The van der Waals surface area contributed by atoms with Gasteiger partial charge in [-0.15, -0.1) is 0 Å². The average molecular weight is 233 g/mol. The molecule has 0 spiro atoms. The van der Waals surface area contributed by atoms with E-state index in [0.29, 0.717) is 17.7 Å². The summed E-state index contributed by atoms with van der Waals surface area (Å²) in [7, 11) is 1.49. The molecule has 1 saturated carbocycles. The molecule has 0 amide bonds. The first-order chi connectivity index (χ1) is 6.88. The van der Waals surface area contributed by atoms with E-state index in [4.69, 9.17) is 0 Å². The smallest absolute Gasteiger partial charge is 0.147 e. The van der Waals surface area contributed by atoms with Gasteiger partial charge in [-0.2, -0.15) is 0 Å². The van der Waals surface area contributed by atoms with Crippen molar-refractivity contribution in [3.63, 3.8) is 0 Å². The van der Waals surface area contributed by atoms with Gasteiger partial charge in [0, 0.05) is 12.3 Å². The summed E-state index contributed by atoms with van der Waals surface area (Å²) in [6, 6.07) is 0.708. The van der Waals surface area contributed by atoms with Gasteiger partial charge in [-0.1, -0.05) is 0 Å². The maximum atomic E-state index is 11.0. The second-order valence-electron chi connectivity index (χ2n) is 5.06. The van der Waals surface area contributed by atoms with Gasteiger partial charge < -0.3 is 4.90 Å². The summed E-state index contributed by atoms with van der Waals surface area (Å²) in [4.78, 5) is 2.28. The zero-order chi connectivity index (χ0) is 11.5. The van der Waals surface area contributed by atoms with Crippen LogP contribution in [0.1, 0.15) is 32.1 Å². The van der Waals surface area contributed by atoms with Gasteiger partial charge in [0.15, 0.2) is 0 Å². The maximum absolute atomic E-state index is 11.0. The van der Waals surface area contributed by atoms with Gasteiger partial charge in [-0.3, -0.25) is 0 Å². The van der Waals surface area contributed by atoms with Crippen molar-refractivity contribution < 1.29 is 8.42 Å². The first-order valence-corrected chi connectivity index (χ1v) is 7.78. The number of nitrogens with zero attached hydrogens (tertiary/aromatic N) is 1. The molecule has 0 heterocycles. The molecule has 1 fully saturated rings. The van der Waals surface area contributed by atoms with E-state index >= 15 is 0 Å². The van der Waals surface area contributed by atoms with Crippen LogP contribution in [0.3, 0.4) is 0 Å². The van der Waals surface area contributed by atoms with Crippen molar-refractivity contribution in [2.24, 2.45) is 5.92 Å². The Morgan fingerprint density at radius 2 is 1.67 bits per heavy atom. The van der Waals surface area contributed by atoms with Crippen LogP contribution in [0, 0.1) is 5.92 Å². The second-order valence-corrected chi connectivity index (χ2v) is 7.32. The Labute approximate surface area is 93.8 Å². The fourth-order valence-corrected chi connectivity index (χ4v) is 3.09. The summed E-state index contributed by atoms with van der Waals surface area (Å²) < 4.78 is 22.1. The molecule has 0 atom stereocenters. The Balaban J connectivity index is 2.26. The highest BCUT2D eigenvalue weighted by Crippen LogP contribution is 2.28. The van der Waals surface area contributed by atoms with Crippen LogP contribution in [0.25, 0.3) is 0 Å². The number of hydrogen-bond donors (Lipinski definition) is 0. The van der Waals surface area contributed by atoms with Gasteiger partial charge in [0.05, 0.1) is 5.75 Å². The van der Waals surface area contributed by atoms with Gasteiger partial charge in [0.25, 0.3) is 0 Å². The summed E-state index contributed by atoms with van der Waals surface area (Å²) >= 11 is 0. The fraction of sp³-hybridized carbons (Fsp3) is 1.00. The standard InChI is InChI=1S/C11H23NO2S/c1-12(2)11-6-4-10(5-7-11)8-9-15(3,13)14/h10-11H,4-9H2,1-3H3/t10-,11-. The molecule has 90 valence electrons. The molecule has 0 radical (unpaired) electrons. The lowest BCUT2D eigenvalue weighted by atomic mass is 9.84. The van der Waals surface area contributed by atoms with Crippen molar-refractivity contribution in [3.8, 4) is 0 Å². The van der Waals surface area contributed by atoms with Gasteiger partial charge >= 0.3 is 0 Å². The highest BCUT2D eigenvalue weighted by Gasteiger charge is 2.22. The lowest BCUT2D eigenvalue weighted by Crippen LogP contribution is -2.32. The largest absolute Gasteiger partial charge is 0.306 e. The Morgan fingerprint density at radius 3 is 2.07 bits per heavy atom. The Kier molecular flexibility index (Phi) is 4.59. The van der Waals surface area contributed by atoms with E-state index in [2.05, 4.69) is 19.0 Å². The molecule has 0 aromatic rings. The SMILES string of the molecule is CN(C)[C@H]1CC[C@H](CCS(C)(=O)=O)CC1. The van der Waals surface area contributed by atoms with Crippen LogP contribution in [0.15, 0.2) is 0 Å². The molecule has 1 aliphatic rings. The maximum Gasteiger partial charge on any atom is 0.147 e. The van der Waals surface area contributed by atoms with E-state index in [1.165, 1.54) is 31.9 Å². The van der Waals surface area contributed by atoms with E-state index in [0.717, 1.165) is 6.42 Å². The number of hydrogen-bond acceptors (Lipinski definition) is 3. The third-order valence-corrected chi connectivity index (χ3v) is 4.42. The molecule has 0 unspecified atom stereocenters. The van der Waals surface area contributed by atoms with Crippen LogP contribution < -0.4 is 0 Å². The Morgan fingerprint density at radius 1 is 1.13 bits per heavy atom. The molecule has 0 aliphatic heterocycles. The first kappa shape index (κ1) is 13.0. The van der Waals surface area contributed by atoms with Gasteiger partial charge in [0.1, 0.15) is 9.84 Å². The average Bonchev–Trinajstić information content (AvgIpc) is 2.14. The van der Waals surface area contributed by atoms with Crippen LogP contribution in [0.4, 0.5) is 0 Å². The van der Waals surface area contributed by atoms with Crippen molar-refractivity contribution in [2.45, 2.75) is 38.1 Å². The van der Waals surface area contributed by atoms with Crippen molar-refractivity contribution >= 4 is 9.84 Å². The third-order valence-electron chi connectivity index (χ3n) is 3.44. The molecule has 0 bridgehead atoms. The predicted octanol–water partition coefficient (Wildman–Crippen LogP) is 1.54. The summed E-state index contributed by atoms with van der Waals surface area (Å²) in [5.41, 5.74) is 0.